The van der Waals surface area contributed by atoms with Gasteiger partial charge in [-0.15, -0.1) is 13.2 Å². The van der Waals surface area contributed by atoms with Crippen molar-refractivity contribution in [2.75, 3.05) is 37.1 Å². The van der Waals surface area contributed by atoms with E-state index in [1.165, 1.54) is 24.1 Å². The second-order valence-electron chi connectivity index (χ2n) is 11.1. The molecule has 1 aliphatic heterocycles. The highest BCUT2D eigenvalue weighted by Gasteiger charge is 2.54. The topological polar surface area (TPSA) is 98.7 Å². The summed E-state index contributed by atoms with van der Waals surface area (Å²) in [5, 5.41) is 7.90. The van der Waals surface area contributed by atoms with Gasteiger partial charge in [-0.3, -0.25) is 9.59 Å². The molecule has 13 heteroatoms. The van der Waals surface area contributed by atoms with Crippen molar-refractivity contribution in [1.82, 2.24) is 0 Å². The van der Waals surface area contributed by atoms with Gasteiger partial charge in [0.05, 0.1) is 31.5 Å². The molecule has 1 unspecified atom stereocenters. The van der Waals surface area contributed by atoms with Crippen LogP contribution in [-0.2, 0) is 24.6 Å². The number of hydrogen-bond acceptors (Lipinski definition) is 8. The van der Waals surface area contributed by atoms with Crippen molar-refractivity contribution in [2.24, 2.45) is 5.16 Å². The summed E-state index contributed by atoms with van der Waals surface area (Å²) in [6, 6.07) is 15.2. The number of ether oxygens (including phenoxy) is 3. The lowest BCUT2D eigenvalue weighted by molar-refractivity contribution is -0.274. The monoisotopic (exact) mass is 659 g/mol. The first-order valence-electron chi connectivity index (χ1n) is 14.7. The number of alkyl halides is 3. The largest absolute Gasteiger partial charge is 0.573 e. The van der Waals surface area contributed by atoms with Gasteiger partial charge in [0.25, 0.3) is 5.91 Å². The predicted octanol–water partition coefficient (Wildman–Crippen LogP) is 7.17. The molecule has 1 amide bonds. The molecule has 3 aromatic carbocycles. The van der Waals surface area contributed by atoms with Crippen molar-refractivity contribution in [3.63, 3.8) is 0 Å². The number of rotatable bonds is 12. The van der Waals surface area contributed by atoms with E-state index in [4.69, 9.17) is 25.9 Å². The minimum Gasteiger partial charge on any atom is -0.497 e. The summed E-state index contributed by atoms with van der Waals surface area (Å²) >= 11 is 6.16. The molecule has 1 fully saturated rings. The summed E-state index contributed by atoms with van der Waals surface area (Å²) in [5.74, 6) is -0.678. The molecule has 1 N–H and O–H groups in total. The van der Waals surface area contributed by atoms with Crippen LogP contribution in [0, 0.1) is 0 Å². The highest BCUT2D eigenvalue weighted by molar-refractivity contribution is 6.30. The van der Waals surface area contributed by atoms with Crippen LogP contribution in [0.25, 0.3) is 0 Å². The minimum atomic E-state index is -4.87. The smallest absolute Gasteiger partial charge is 0.497 e. The van der Waals surface area contributed by atoms with Gasteiger partial charge in [0, 0.05) is 40.4 Å². The molecule has 46 heavy (non-hydrogen) atoms. The average Bonchev–Trinajstić information content (AvgIpc) is 3.73. The van der Waals surface area contributed by atoms with Crippen LogP contribution in [0.2, 0.25) is 5.02 Å². The Labute approximate surface area is 269 Å². The fourth-order valence-corrected chi connectivity index (χ4v) is 5.59. The first-order valence-corrected chi connectivity index (χ1v) is 15.0. The van der Waals surface area contributed by atoms with Crippen LogP contribution < -0.4 is 19.7 Å². The molecule has 1 atom stereocenters. The van der Waals surface area contributed by atoms with Crippen molar-refractivity contribution in [2.45, 2.75) is 50.9 Å². The number of carbonyl (C=O) groups is 2. The average molecular weight is 660 g/mol. The van der Waals surface area contributed by atoms with E-state index in [0.717, 1.165) is 18.4 Å². The minimum absolute atomic E-state index is 0.0346. The maximum atomic E-state index is 14.4. The Bertz CT molecular complexity index is 1630. The molecular formula is C33H33ClF3N3O6. The van der Waals surface area contributed by atoms with E-state index in [-0.39, 0.29) is 31.0 Å². The number of nitrogens with zero attached hydrogens (tertiary/aromatic N) is 2. The van der Waals surface area contributed by atoms with Gasteiger partial charge in [0.2, 0.25) is 0 Å². The Balaban J connectivity index is 1.45. The lowest BCUT2D eigenvalue weighted by atomic mass is 9.99. The SMILES string of the molecule is CCOC(=O)CCON=C(C)c1cc(NC(C(=O)N2CC3(CC3)c3ccc(OC(F)(F)F)cc32)c2ccc(Cl)cc2)cc(OC)c1. The fraction of sp³-hybridized carbons (Fsp3) is 0.364. The summed E-state index contributed by atoms with van der Waals surface area (Å²) in [6.07, 6.45) is -3.18. The maximum Gasteiger partial charge on any atom is 0.573 e. The van der Waals surface area contributed by atoms with E-state index in [1.807, 2.05) is 0 Å². The molecule has 0 aromatic heterocycles. The molecule has 1 spiro atoms. The molecule has 1 heterocycles. The van der Waals surface area contributed by atoms with Gasteiger partial charge in [-0.2, -0.15) is 0 Å². The molecular weight excluding hydrogens is 627 g/mol. The lowest BCUT2D eigenvalue weighted by Gasteiger charge is -2.27. The standard InChI is InChI=1S/C33H33ClF3N3O6/c1-4-44-29(41)11-14-45-39-20(2)22-15-24(17-26(16-22)43-3)38-30(21-5-7-23(34)8-6-21)31(42)40-19-32(12-13-32)27-10-9-25(18-28(27)40)46-33(35,36)37/h5-10,15-18,30,38H,4,11-14,19H2,1-3H3. The Morgan fingerprint density at radius 3 is 2.46 bits per heavy atom. The Hall–Kier alpha value is -4.45. The number of methoxy groups -OCH3 is 1. The lowest BCUT2D eigenvalue weighted by Crippen LogP contribution is -2.38. The Morgan fingerprint density at radius 2 is 1.80 bits per heavy atom. The van der Waals surface area contributed by atoms with Gasteiger partial charge in [-0.25, -0.2) is 0 Å². The molecule has 5 rings (SSSR count). The fourth-order valence-electron chi connectivity index (χ4n) is 5.46. The Morgan fingerprint density at radius 1 is 1.07 bits per heavy atom. The molecule has 9 nitrogen and oxygen atoms in total. The highest BCUT2D eigenvalue weighted by Crippen LogP contribution is 2.57. The van der Waals surface area contributed by atoms with Gasteiger partial charge >= 0.3 is 12.3 Å². The van der Waals surface area contributed by atoms with Crippen molar-refractivity contribution in [3.8, 4) is 11.5 Å². The normalized spacial score (nSPS) is 15.6. The molecule has 1 saturated carbocycles. The second kappa shape index (κ2) is 13.5. The molecule has 0 radical (unpaired) electrons. The summed E-state index contributed by atoms with van der Waals surface area (Å²) in [7, 11) is 1.50. The first-order chi connectivity index (χ1) is 21.9. The van der Waals surface area contributed by atoms with Gasteiger partial charge in [0.15, 0.2) is 0 Å². The van der Waals surface area contributed by atoms with E-state index in [0.29, 0.717) is 45.5 Å². The van der Waals surface area contributed by atoms with Gasteiger partial charge < -0.3 is 29.3 Å². The third kappa shape index (κ3) is 7.67. The number of benzene rings is 3. The summed E-state index contributed by atoms with van der Waals surface area (Å²) in [4.78, 5) is 32.9. The van der Waals surface area contributed by atoms with Gasteiger partial charge in [-0.05, 0) is 68.1 Å². The summed E-state index contributed by atoms with van der Waals surface area (Å²) in [5.41, 5.74) is 3.13. The van der Waals surface area contributed by atoms with Crippen LogP contribution in [0.3, 0.4) is 0 Å². The summed E-state index contributed by atoms with van der Waals surface area (Å²) in [6.45, 7) is 4.09. The van der Waals surface area contributed by atoms with Crippen molar-refractivity contribution in [3.05, 3.63) is 82.4 Å². The highest BCUT2D eigenvalue weighted by atomic mass is 35.5. The number of amides is 1. The zero-order chi connectivity index (χ0) is 33.1. The third-order valence-electron chi connectivity index (χ3n) is 7.87. The predicted molar refractivity (Wildman–Crippen MR) is 167 cm³/mol. The number of oxime groups is 1. The summed E-state index contributed by atoms with van der Waals surface area (Å²) < 4.78 is 53.8. The zero-order valence-corrected chi connectivity index (χ0v) is 26.2. The van der Waals surface area contributed by atoms with E-state index >= 15 is 0 Å². The molecule has 2 aliphatic rings. The van der Waals surface area contributed by atoms with Crippen molar-refractivity contribution >= 4 is 40.6 Å². The third-order valence-corrected chi connectivity index (χ3v) is 8.12. The van der Waals surface area contributed by atoms with Crippen molar-refractivity contribution in [1.29, 1.82) is 0 Å². The van der Waals surface area contributed by atoms with Gasteiger partial charge in [0.1, 0.15) is 24.1 Å². The van der Waals surface area contributed by atoms with E-state index < -0.39 is 24.1 Å². The van der Waals surface area contributed by atoms with Crippen LogP contribution in [0.1, 0.15) is 55.8 Å². The van der Waals surface area contributed by atoms with Crippen LogP contribution in [0.15, 0.2) is 65.8 Å². The zero-order valence-electron chi connectivity index (χ0n) is 25.4. The van der Waals surface area contributed by atoms with Crippen LogP contribution in [-0.4, -0.2) is 50.8 Å². The number of esters is 1. The van der Waals surface area contributed by atoms with Crippen LogP contribution in [0.4, 0.5) is 24.5 Å². The molecule has 3 aromatic rings. The van der Waals surface area contributed by atoms with Crippen LogP contribution >= 0.6 is 11.6 Å². The second-order valence-corrected chi connectivity index (χ2v) is 11.5. The Kier molecular flexibility index (Phi) is 9.66. The van der Waals surface area contributed by atoms with E-state index in [9.17, 15) is 22.8 Å². The number of halogens is 4. The number of carbonyl (C=O) groups excluding carboxylic acids is 2. The molecule has 0 bridgehead atoms. The maximum absolute atomic E-state index is 14.4. The quantitative estimate of drug-likeness (QED) is 0.0953. The number of anilines is 2. The number of nitrogens with one attached hydrogen (secondary N) is 1. The molecule has 0 saturated heterocycles. The van der Waals surface area contributed by atoms with Crippen molar-refractivity contribution < 1.29 is 41.8 Å². The van der Waals surface area contributed by atoms with Crippen LogP contribution in [0.5, 0.6) is 11.5 Å². The first kappa shape index (κ1) is 32.9. The number of fused-ring (bicyclic) bond motifs is 2. The molecule has 1 aliphatic carbocycles. The van der Waals surface area contributed by atoms with E-state index in [2.05, 4.69) is 15.2 Å². The van der Waals surface area contributed by atoms with Gasteiger partial charge in [-0.1, -0.05) is 35.0 Å². The van der Waals surface area contributed by atoms with E-state index in [1.54, 1.807) is 62.4 Å². The number of hydrogen-bond donors (Lipinski definition) is 1. The molecule has 244 valence electrons.